The van der Waals surface area contributed by atoms with Gasteiger partial charge in [-0.05, 0) is 31.0 Å². The van der Waals surface area contributed by atoms with Crippen molar-refractivity contribution in [3.8, 4) is 5.75 Å². The van der Waals surface area contributed by atoms with Gasteiger partial charge in [0, 0.05) is 5.92 Å². The second-order valence-electron chi connectivity index (χ2n) is 7.63. The van der Waals surface area contributed by atoms with Crippen LogP contribution < -0.4 is 10.1 Å². The van der Waals surface area contributed by atoms with Crippen molar-refractivity contribution in [3.05, 3.63) is 29.6 Å². The molecular formula is C18H18F4N2O5. The maximum Gasteiger partial charge on any atom is 0.416 e. The summed E-state index contributed by atoms with van der Waals surface area (Å²) in [5.74, 6) is -1.26. The van der Waals surface area contributed by atoms with Gasteiger partial charge in [-0.1, -0.05) is 0 Å². The zero-order chi connectivity index (χ0) is 20.8. The minimum atomic E-state index is -4.61. The number of halogens is 4. The number of hydrogen-bond acceptors (Lipinski definition) is 5. The van der Waals surface area contributed by atoms with E-state index in [1.54, 1.807) is 0 Å². The van der Waals surface area contributed by atoms with E-state index in [1.807, 2.05) is 0 Å². The van der Waals surface area contributed by atoms with Crippen molar-refractivity contribution in [1.29, 1.82) is 0 Å². The number of likely N-dealkylation sites (tertiary alicyclic amines) is 1. The predicted octanol–water partition coefficient (Wildman–Crippen LogP) is 2.93. The lowest BCUT2D eigenvalue weighted by Gasteiger charge is -2.45. The summed E-state index contributed by atoms with van der Waals surface area (Å²) in [5.41, 5.74) is -1.59. The number of ether oxygens (including phenoxy) is 3. The largest absolute Gasteiger partial charge is 0.487 e. The van der Waals surface area contributed by atoms with Crippen molar-refractivity contribution >= 4 is 12.2 Å². The van der Waals surface area contributed by atoms with E-state index in [4.69, 9.17) is 14.2 Å². The SMILES string of the molecule is O=C1NC2(CO1)CN(C(=O)OC[C@H]1C[C@@H](Oc3ccc(C(F)(F)F)cc3F)C1)C2. The molecule has 1 spiro atoms. The lowest BCUT2D eigenvalue weighted by Crippen LogP contribution is -2.70. The maximum absolute atomic E-state index is 13.8. The van der Waals surface area contributed by atoms with Crippen LogP contribution in [0.15, 0.2) is 18.2 Å². The number of amides is 2. The van der Waals surface area contributed by atoms with E-state index < -0.39 is 35.3 Å². The molecule has 158 valence electrons. The second kappa shape index (κ2) is 6.96. The Morgan fingerprint density at radius 2 is 2.03 bits per heavy atom. The lowest BCUT2D eigenvalue weighted by molar-refractivity contribution is -0.137. The maximum atomic E-state index is 13.8. The fourth-order valence-electron chi connectivity index (χ4n) is 3.62. The van der Waals surface area contributed by atoms with Gasteiger partial charge >= 0.3 is 18.4 Å². The smallest absolute Gasteiger partial charge is 0.416 e. The molecule has 11 heteroatoms. The monoisotopic (exact) mass is 418 g/mol. The molecule has 0 bridgehead atoms. The number of rotatable bonds is 4. The Morgan fingerprint density at radius 1 is 1.31 bits per heavy atom. The van der Waals surface area contributed by atoms with E-state index >= 15 is 0 Å². The van der Waals surface area contributed by atoms with E-state index in [0.717, 1.165) is 12.1 Å². The van der Waals surface area contributed by atoms with Gasteiger partial charge in [-0.2, -0.15) is 13.2 Å². The standard InChI is InChI=1S/C18H18F4N2O5/c19-13-5-11(18(20,21)22)1-2-14(13)29-12-3-10(4-12)6-27-16(26)24-7-17(8-24)9-28-15(25)23-17/h1-2,5,10,12H,3-4,6-9H2,(H,23,25)/t10-,12+. The number of carbonyl (C=O) groups is 2. The van der Waals surface area contributed by atoms with Crippen molar-refractivity contribution in [1.82, 2.24) is 10.2 Å². The number of alkyl carbamates (subject to hydrolysis) is 1. The summed E-state index contributed by atoms with van der Waals surface area (Å²) in [5, 5.41) is 2.66. The average Bonchev–Trinajstić information content (AvgIpc) is 2.97. The first-order valence-electron chi connectivity index (χ1n) is 9.04. The van der Waals surface area contributed by atoms with Crippen LogP contribution in [0.5, 0.6) is 5.75 Å². The minimum absolute atomic E-state index is 0.0335. The molecule has 2 saturated heterocycles. The van der Waals surface area contributed by atoms with Gasteiger partial charge in [-0.15, -0.1) is 0 Å². The Hall–Kier alpha value is -2.72. The van der Waals surface area contributed by atoms with Crippen LogP contribution in [0.4, 0.5) is 27.2 Å². The third kappa shape index (κ3) is 4.03. The molecule has 4 rings (SSSR count). The van der Waals surface area contributed by atoms with Crippen LogP contribution in [0.3, 0.4) is 0 Å². The van der Waals surface area contributed by atoms with E-state index in [-0.39, 0.29) is 31.0 Å². The minimum Gasteiger partial charge on any atom is -0.487 e. The first-order chi connectivity index (χ1) is 13.6. The third-order valence-corrected chi connectivity index (χ3v) is 5.28. The summed E-state index contributed by atoms with van der Waals surface area (Å²) in [7, 11) is 0. The fourth-order valence-corrected chi connectivity index (χ4v) is 3.62. The zero-order valence-electron chi connectivity index (χ0n) is 15.1. The van der Waals surface area contributed by atoms with Crippen molar-refractivity contribution in [2.24, 2.45) is 5.92 Å². The molecule has 0 radical (unpaired) electrons. The number of benzene rings is 1. The molecule has 7 nitrogen and oxygen atoms in total. The highest BCUT2D eigenvalue weighted by molar-refractivity contribution is 5.74. The second-order valence-corrected chi connectivity index (χ2v) is 7.63. The Balaban J connectivity index is 1.17. The van der Waals surface area contributed by atoms with Gasteiger partial charge in [0.2, 0.25) is 0 Å². The van der Waals surface area contributed by atoms with Gasteiger partial charge in [0.25, 0.3) is 0 Å². The first kappa shape index (κ1) is 19.6. The molecule has 0 unspecified atom stereocenters. The molecule has 1 saturated carbocycles. The summed E-state index contributed by atoms with van der Waals surface area (Å²) in [6.07, 6.45) is -4.94. The first-order valence-corrected chi connectivity index (χ1v) is 9.04. The third-order valence-electron chi connectivity index (χ3n) is 5.28. The molecular weight excluding hydrogens is 400 g/mol. The topological polar surface area (TPSA) is 77.1 Å². The Kier molecular flexibility index (Phi) is 4.70. The number of alkyl halides is 3. The highest BCUT2D eigenvalue weighted by Gasteiger charge is 2.51. The summed E-state index contributed by atoms with van der Waals surface area (Å²) in [6, 6.07) is 2.15. The molecule has 0 aromatic heterocycles. The van der Waals surface area contributed by atoms with Crippen molar-refractivity contribution < 1.29 is 41.4 Å². The summed E-state index contributed by atoms with van der Waals surface area (Å²) in [4.78, 5) is 24.5. The number of nitrogens with one attached hydrogen (secondary N) is 1. The Bertz CT molecular complexity index is 819. The normalized spacial score (nSPS) is 25.0. The highest BCUT2D eigenvalue weighted by atomic mass is 19.4. The van der Waals surface area contributed by atoms with Gasteiger partial charge in [0.15, 0.2) is 11.6 Å². The van der Waals surface area contributed by atoms with Crippen molar-refractivity contribution in [3.63, 3.8) is 0 Å². The fraction of sp³-hybridized carbons (Fsp3) is 0.556. The van der Waals surface area contributed by atoms with E-state index in [1.165, 1.54) is 4.90 Å². The number of cyclic esters (lactones) is 1. The van der Waals surface area contributed by atoms with Gasteiger partial charge in [-0.3, -0.25) is 0 Å². The van der Waals surface area contributed by atoms with Crippen LogP contribution in [0.1, 0.15) is 18.4 Å². The molecule has 2 amide bonds. The highest BCUT2D eigenvalue weighted by Crippen LogP contribution is 2.36. The van der Waals surface area contributed by atoms with Crippen LogP contribution in [0.2, 0.25) is 0 Å². The van der Waals surface area contributed by atoms with E-state index in [2.05, 4.69) is 5.32 Å². The molecule has 3 fully saturated rings. The van der Waals surface area contributed by atoms with Crippen LogP contribution in [-0.2, 0) is 15.7 Å². The molecule has 3 aliphatic rings. The van der Waals surface area contributed by atoms with Gasteiger partial charge in [-0.25, -0.2) is 14.0 Å². The van der Waals surface area contributed by atoms with E-state index in [9.17, 15) is 27.2 Å². The van der Waals surface area contributed by atoms with Crippen LogP contribution in [0, 0.1) is 11.7 Å². The Labute approximate surface area is 162 Å². The summed E-state index contributed by atoms with van der Waals surface area (Å²) >= 11 is 0. The molecule has 29 heavy (non-hydrogen) atoms. The number of nitrogens with zero attached hydrogens (tertiary/aromatic N) is 1. The predicted molar refractivity (Wildman–Crippen MR) is 88.7 cm³/mol. The quantitative estimate of drug-likeness (QED) is 0.761. The molecule has 0 atom stereocenters. The van der Waals surface area contributed by atoms with Gasteiger partial charge < -0.3 is 24.4 Å². The molecule has 1 aromatic carbocycles. The Morgan fingerprint density at radius 3 is 2.62 bits per heavy atom. The van der Waals surface area contributed by atoms with E-state index in [0.29, 0.717) is 32.0 Å². The van der Waals surface area contributed by atoms with Gasteiger partial charge in [0.1, 0.15) is 12.1 Å². The summed E-state index contributed by atoms with van der Waals surface area (Å²) < 4.78 is 66.9. The van der Waals surface area contributed by atoms with Crippen molar-refractivity contribution in [2.45, 2.75) is 30.7 Å². The van der Waals surface area contributed by atoms with Gasteiger partial charge in [0.05, 0.1) is 31.4 Å². The zero-order valence-corrected chi connectivity index (χ0v) is 15.1. The summed E-state index contributed by atoms with van der Waals surface area (Å²) in [6.45, 7) is 1.03. The number of hydrogen-bond donors (Lipinski definition) is 1. The average molecular weight is 418 g/mol. The molecule has 1 N–H and O–H groups in total. The molecule has 2 aliphatic heterocycles. The van der Waals surface area contributed by atoms with Crippen LogP contribution >= 0.6 is 0 Å². The van der Waals surface area contributed by atoms with Crippen LogP contribution in [0.25, 0.3) is 0 Å². The number of carbonyl (C=O) groups excluding carboxylic acids is 2. The van der Waals surface area contributed by atoms with Crippen molar-refractivity contribution in [2.75, 3.05) is 26.3 Å². The molecule has 2 heterocycles. The lowest BCUT2D eigenvalue weighted by atomic mass is 9.83. The molecule has 1 aromatic rings. The van der Waals surface area contributed by atoms with Crippen LogP contribution in [-0.4, -0.2) is 55.0 Å². The molecule has 1 aliphatic carbocycles.